The topological polar surface area (TPSA) is 70.3 Å². The highest BCUT2D eigenvalue weighted by Crippen LogP contribution is 2.38. The van der Waals surface area contributed by atoms with E-state index in [1.54, 1.807) is 0 Å². The summed E-state index contributed by atoms with van der Waals surface area (Å²) in [6.07, 6.45) is 3.87. The Morgan fingerprint density at radius 1 is 1.03 bits per heavy atom. The summed E-state index contributed by atoms with van der Waals surface area (Å²) in [4.78, 5) is 6.88. The van der Waals surface area contributed by atoms with E-state index in [0.717, 1.165) is 46.8 Å². The standard InChI is InChI=1S/C24H21N5.ClH/c1-16-2-6-19(7-3-16)23-21(18-8-4-17(13-25)5-9-18)12-22-24(27-10-11-29(22)23)28-14-20(26)15-28;/h2-12,20H,14-15,26H2,1H3;1H. The SMILES string of the molecule is Cc1ccc(-c2c(-c3ccc(C#N)cc3)cc3c(N4CC(N)C4)nccn23)cc1.Cl. The lowest BCUT2D eigenvalue weighted by atomic mass is 10.00. The van der Waals surface area contributed by atoms with Gasteiger partial charge < -0.3 is 15.0 Å². The zero-order valence-corrected chi connectivity index (χ0v) is 17.4. The number of halogens is 1. The number of anilines is 1. The molecule has 0 spiro atoms. The number of fused-ring (bicyclic) bond motifs is 1. The maximum absolute atomic E-state index is 9.15. The van der Waals surface area contributed by atoms with Gasteiger partial charge in [0.2, 0.25) is 0 Å². The number of hydrogen-bond acceptors (Lipinski definition) is 4. The zero-order valence-electron chi connectivity index (χ0n) is 16.6. The molecule has 0 atom stereocenters. The highest BCUT2D eigenvalue weighted by atomic mass is 35.5. The summed E-state index contributed by atoms with van der Waals surface area (Å²) in [5.74, 6) is 0.961. The van der Waals surface area contributed by atoms with Crippen LogP contribution in [-0.2, 0) is 0 Å². The molecule has 2 aromatic carbocycles. The van der Waals surface area contributed by atoms with Crippen molar-refractivity contribution < 1.29 is 0 Å². The molecule has 150 valence electrons. The lowest BCUT2D eigenvalue weighted by Gasteiger charge is -2.38. The first-order valence-electron chi connectivity index (χ1n) is 9.72. The van der Waals surface area contributed by atoms with Gasteiger partial charge in [-0.1, -0.05) is 42.0 Å². The van der Waals surface area contributed by atoms with E-state index in [0.29, 0.717) is 5.56 Å². The van der Waals surface area contributed by atoms with Crippen molar-refractivity contribution in [1.29, 1.82) is 5.26 Å². The lowest BCUT2D eigenvalue weighted by Crippen LogP contribution is -2.56. The van der Waals surface area contributed by atoms with E-state index in [4.69, 9.17) is 11.0 Å². The van der Waals surface area contributed by atoms with E-state index in [2.05, 4.69) is 57.6 Å². The monoisotopic (exact) mass is 415 g/mol. The van der Waals surface area contributed by atoms with Gasteiger partial charge in [-0.15, -0.1) is 12.4 Å². The second-order valence-corrected chi connectivity index (χ2v) is 7.63. The van der Waals surface area contributed by atoms with Crippen molar-refractivity contribution >= 4 is 23.7 Å². The smallest absolute Gasteiger partial charge is 0.153 e. The Hall–Kier alpha value is -3.33. The molecule has 6 heteroatoms. The minimum absolute atomic E-state index is 0. The molecule has 1 aliphatic heterocycles. The minimum Gasteiger partial charge on any atom is -0.352 e. The van der Waals surface area contributed by atoms with Gasteiger partial charge in [-0.05, 0) is 36.2 Å². The summed E-state index contributed by atoms with van der Waals surface area (Å²) in [6.45, 7) is 3.74. The van der Waals surface area contributed by atoms with Gasteiger partial charge >= 0.3 is 0 Å². The first-order valence-corrected chi connectivity index (χ1v) is 9.72. The molecular formula is C24H22ClN5. The maximum Gasteiger partial charge on any atom is 0.153 e. The summed E-state index contributed by atoms with van der Waals surface area (Å²) in [6, 6.07) is 20.9. The molecule has 1 saturated heterocycles. The van der Waals surface area contributed by atoms with Crippen LogP contribution in [0.15, 0.2) is 67.0 Å². The van der Waals surface area contributed by atoms with Gasteiger partial charge in [-0.2, -0.15) is 5.26 Å². The Labute approximate surface area is 181 Å². The molecule has 0 amide bonds. The molecule has 0 unspecified atom stereocenters. The fourth-order valence-corrected chi connectivity index (χ4v) is 3.97. The second kappa shape index (κ2) is 7.83. The Morgan fingerprint density at radius 2 is 1.70 bits per heavy atom. The number of hydrogen-bond donors (Lipinski definition) is 1. The van der Waals surface area contributed by atoms with Crippen LogP contribution in [0.25, 0.3) is 27.9 Å². The normalized spacial score (nSPS) is 13.6. The van der Waals surface area contributed by atoms with E-state index in [-0.39, 0.29) is 18.4 Å². The highest BCUT2D eigenvalue weighted by molar-refractivity contribution is 5.90. The quantitative estimate of drug-likeness (QED) is 0.537. The number of nitriles is 1. The molecule has 2 aromatic heterocycles. The van der Waals surface area contributed by atoms with E-state index >= 15 is 0 Å². The van der Waals surface area contributed by atoms with Crippen LogP contribution < -0.4 is 10.6 Å². The largest absolute Gasteiger partial charge is 0.352 e. The molecule has 3 heterocycles. The third-order valence-electron chi connectivity index (χ3n) is 5.54. The van der Waals surface area contributed by atoms with E-state index < -0.39 is 0 Å². The summed E-state index contributed by atoms with van der Waals surface area (Å²) in [5.41, 5.74) is 13.4. The molecule has 0 radical (unpaired) electrons. The van der Waals surface area contributed by atoms with Crippen molar-refractivity contribution in [2.24, 2.45) is 5.73 Å². The van der Waals surface area contributed by atoms with E-state index in [1.807, 2.05) is 36.7 Å². The molecule has 1 aliphatic rings. The number of benzene rings is 2. The number of aromatic nitrogens is 2. The molecule has 5 nitrogen and oxygen atoms in total. The molecule has 0 bridgehead atoms. The van der Waals surface area contributed by atoms with Gasteiger partial charge in [0.25, 0.3) is 0 Å². The molecule has 2 N–H and O–H groups in total. The van der Waals surface area contributed by atoms with Crippen molar-refractivity contribution in [3.8, 4) is 28.5 Å². The molecule has 1 fully saturated rings. The van der Waals surface area contributed by atoms with Gasteiger partial charge in [-0.3, -0.25) is 0 Å². The average Bonchev–Trinajstić information content (AvgIpc) is 3.12. The van der Waals surface area contributed by atoms with Crippen molar-refractivity contribution in [3.05, 3.63) is 78.1 Å². The lowest BCUT2D eigenvalue weighted by molar-refractivity contribution is 0.515. The first kappa shape index (κ1) is 20.0. The van der Waals surface area contributed by atoms with Crippen LogP contribution in [0.5, 0.6) is 0 Å². The fraction of sp³-hybridized carbons (Fsp3) is 0.167. The first-order chi connectivity index (χ1) is 14.1. The number of aryl methyl sites for hydroxylation is 1. The van der Waals surface area contributed by atoms with Gasteiger partial charge in [0, 0.05) is 37.1 Å². The van der Waals surface area contributed by atoms with Crippen LogP contribution in [-0.4, -0.2) is 28.5 Å². The Balaban J connectivity index is 0.00000218. The fourth-order valence-electron chi connectivity index (χ4n) is 3.97. The van der Waals surface area contributed by atoms with E-state index in [1.165, 1.54) is 5.56 Å². The van der Waals surface area contributed by atoms with Crippen molar-refractivity contribution in [2.75, 3.05) is 18.0 Å². The second-order valence-electron chi connectivity index (χ2n) is 7.63. The van der Waals surface area contributed by atoms with Crippen LogP contribution in [0, 0.1) is 18.3 Å². The summed E-state index contributed by atoms with van der Waals surface area (Å²) < 4.78 is 2.21. The van der Waals surface area contributed by atoms with Crippen LogP contribution in [0.3, 0.4) is 0 Å². The average molecular weight is 416 g/mol. The number of nitrogens with two attached hydrogens (primary N) is 1. The number of rotatable bonds is 3. The molecule has 30 heavy (non-hydrogen) atoms. The van der Waals surface area contributed by atoms with Gasteiger partial charge in [0.1, 0.15) is 0 Å². The van der Waals surface area contributed by atoms with Gasteiger partial charge in [0.15, 0.2) is 5.82 Å². The zero-order chi connectivity index (χ0) is 20.0. The Bertz CT molecular complexity index is 1230. The van der Waals surface area contributed by atoms with Crippen LogP contribution >= 0.6 is 12.4 Å². The van der Waals surface area contributed by atoms with Crippen LogP contribution in [0.2, 0.25) is 0 Å². The Kier molecular flexibility index (Phi) is 5.21. The third kappa shape index (κ3) is 3.30. The third-order valence-corrected chi connectivity index (χ3v) is 5.54. The van der Waals surface area contributed by atoms with Crippen molar-refractivity contribution in [2.45, 2.75) is 13.0 Å². The molecule has 4 aromatic rings. The number of nitrogens with zero attached hydrogens (tertiary/aromatic N) is 4. The van der Waals surface area contributed by atoms with Gasteiger partial charge in [-0.25, -0.2) is 4.98 Å². The molecular weight excluding hydrogens is 394 g/mol. The minimum atomic E-state index is 0. The van der Waals surface area contributed by atoms with Crippen LogP contribution in [0.1, 0.15) is 11.1 Å². The summed E-state index contributed by atoms with van der Waals surface area (Å²) in [5, 5.41) is 9.15. The predicted molar refractivity (Wildman–Crippen MR) is 123 cm³/mol. The van der Waals surface area contributed by atoms with Crippen molar-refractivity contribution in [1.82, 2.24) is 9.38 Å². The van der Waals surface area contributed by atoms with E-state index in [9.17, 15) is 0 Å². The van der Waals surface area contributed by atoms with Crippen molar-refractivity contribution in [3.63, 3.8) is 0 Å². The molecule has 0 saturated carbocycles. The summed E-state index contributed by atoms with van der Waals surface area (Å²) >= 11 is 0. The Morgan fingerprint density at radius 3 is 2.33 bits per heavy atom. The maximum atomic E-state index is 9.15. The van der Waals surface area contributed by atoms with Crippen LogP contribution in [0.4, 0.5) is 5.82 Å². The molecule has 0 aliphatic carbocycles. The predicted octanol–water partition coefficient (Wildman–Crippen LogP) is 4.42. The van der Waals surface area contributed by atoms with Gasteiger partial charge in [0.05, 0.1) is 22.8 Å². The molecule has 5 rings (SSSR count). The highest BCUT2D eigenvalue weighted by Gasteiger charge is 2.27. The summed E-state index contributed by atoms with van der Waals surface area (Å²) in [7, 11) is 0.